The van der Waals surface area contributed by atoms with Crippen molar-refractivity contribution in [1.82, 2.24) is 15.6 Å². The summed E-state index contributed by atoms with van der Waals surface area (Å²) in [6.07, 6.45) is 0. The molecule has 0 unspecified atom stereocenters. The average Bonchev–Trinajstić information content (AvgIpc) is 2.97. The molecule has 0 saturated carbocycles. The molecule has 0 aliphatic carbocycles. The topological polar surface area (TPSA) is 83.2 Å². The van der Waals surface area contributed by atoms with E-state index in [2.05, 4.69) is 15.6 Å². The van der Waals surface area contributed by atoms with Crippen molar-refractivity contribution in [2.45, 2.75) is 31.2 Å². The maximum absolute atomic E-state index is 12.3. The van der Waals surface area contributed by atoms with Crippen LogP contribution in [0, 0.1) is 0 Å². The highest BCUT2D eigenvalue weighted by Gasteiger charge is 2.37. The van der Waals surface area contributed by atoms with Gasteiger partial charge in [0.05, 0.1) is 18.4 Å². The number of thioether (sulfide) groups is 1. The number of fused-ring (bicyclic) bond motifs is 1. The van der Waals surface area contributed by atoms with E-state index in [1.807, 2.05) is 38.1 Å². The van der Waals surface area contributed by atoms with E-state index in [1.165, 1.54) is 11.8 Å². The van der Waals surface area contributed by atoms with E-state index < -0.39 is 10.8 Å². The number of rotatable bonds is 4. The molecule has 128 valence electrons. The van der Waals surface area contributed by atoms with Crippen molar-refractivity contribution in [3.05, 3.63) is 30.0 Å². The van der Waals surface area contributed by atoms with Crippen molar-refractivity contribution in [3.8, 4) is 5.75 Å². The van der Waals surface area contributed by atoms with Crippen LogP contribution in [0.25, 0.3) is 10.9 Å². The number of aromatic nitrogens is 1. The fourth-order valence-electron chi connectivity index (χ4n) is 2.57. The van der Waals surface area contributed by atoms with Crippen LogP contribution in [0.3, 0.4) is 0 Å². The van der Waals surface area contributed by atoms with Gasteiger partial charge in [-0.2, -0.15) is 0 Å². The SMILES string of the molecule is COc1ccc2[nH]c(CNC(=O)[C@H]3CSC(C)(C)C(=O)N3)cc2c1. The molecule has 0 radical (unpaired) electrons. The highest BCUT2D eigenvalue weighted by molar-refractivity contribution is 8.01. The number of carbonyl (C=O) groups excluding carboxylic acids is 2. The van der Waals surface area contributed by atoms with Crippen LogP contribution in [0.15, 0.2) is 24.3 Å². The van der Waals surface area contributed by atoms with Gasteiger partial charge in [0.15, 0.2) is 0 Å². The molecule has 1 aliphatic heterocycles. The van der Waals surface area contributed by atoms with Crippen LogP contribution in [0.5, 0.6) is 5.75 Å². The summed E-state index contributed by atoms with van der Waals surface area (Å²) in [4.78, 5) is 27.5. The fraction of sp³-hybridized carbons (Fsp3) is 0.412. The van der Waals surface area contributed by atoms with Gasteiger partial charge in [0.1, 0.15) is 11.8 Å². The number of H-pyrrole nitrogens is 1. The van der Waals surface area contributed by atoms with Crippen LogP contribution in [0.2, 0.25) is 0 Å². The first-order chi connectivity index (χ1) is 11.4. The maximum Gasteiger partial charge on any atom is 0.243 e. The first-order valence-corrected chi connectivity index (χ1v) is 8.76. The molecule has 3 rings (SSSR count). The Morgan fingerprint density at radius 2 is 2.21 bits per heavy atom. The molecule has 6 nitrogen and oxygen atoms in total. The van der Waals surface area contributed by atoms with Gasteiger partial charge in [-0.05, 0) is 38.1 Å². The quantitative estimate of drug-likeness (QED) is 0.788. The number of amides is 2. The lowest BCUT2D eigenvalue weighted by atomic mass is 10.1. The first kappa shape index (κ1) is 16.7. The van der Waals surface area contributed by atoms with Crippen molar-refractivity contribution < 1.29 is 14.3 Å². The molecule has 1 atom stereocenters. The van der Waals surface area contributed by atoms with Crippen LogP contribution < -0.4 is 15.4 Å². The summed E-state index contributed by atoms with van der Waals surface area (Å²) in [6, 6.07) is 7.27. The molecule has 2 aromatic rings. The Kier molecular flexibility index (Phi) is 4.45. The number of hydrogen-bond donors (Lipinski definition) is 3. The number of benzene rings is 1. The minimum atomic E-state index is -0.486. The zero-order valence-electron chi connectivity index (χ0n) is 13.9. The van der Waals surface area contributed by atoms with E-state index in [1.54, 1.807) is 7.11 Å². The molecule has 1 aromatic carbocycles. The highest BCUT2D eigenvalue weighted by Crippen LogP contribution is 2.29. The zero-order chi connectivity index (χ0) is 17.3. The second kappa shape index (κ2) is 6.39. The van der Waals surface area contributed by atoms with Gasteiger partial charge in [-0.15, -0.1) is 11.8 Å². The summed E-state index contributed by atoms with van der Waals surface area (Å²) in [7, 11) is 1.63. The number of aromatic amines is 1. The van der Waals surface area contributed by atoms with Gasteiger partial charge in [-0.3, -0.25) is 9.59 Å². The number of nitrogens with one attached hydrogen (secondary N) is 3. The molecule has 24 heavy (non-hydrogen) atoms. The Bertz CT molecular complexity index is 784. The average molecular weight is 347 g/mol. The molecule has 0 spiro atoms. The van der Waals surface area contributed by atoms with E-state index in [0.717, 1.165) is 22.3 Å². The molecular weight excluding hydrogens is 326 g/mol. The molecule has 1 saturated heterocycles. The van der Waals surface area contributed by atoms with Gasteiger partial charge in [0.25, 0.3) is 0 Å². The summed E-state index contributed by atoms with van der Waals surface area (Å²) in [6.45, 7) is 4.11. The molecule has 2 amide bonds. The molecule has 1 aromatic heterocycles. The van der Waals surface area contributed by atoms with Crippen LogP contribution in [-0.4, -0.2) is 40.4 Å². The molecule has 1 fully saturated rings. The minimum Gasteiger partial charge on any atom is -0.497 e. The van der Waals surface area contributed by atoms with Crippen LogP contribution in [-0.2, 0) is 16.1 Å². The monoisotopic (exact) mass is 347 g/mol. The second-order valence-corrected chi connectivity index (χ2v) is 7.96. The molecule has 1 aliphatic rings. The van der Waals surface area contributed by atoms with Crippen molar-refractivity contribution in [3.63, 3.8) is 0 Å². The van der Waals surface area contributed by atoms with E-state index in [-0.39, 0.29) is 11.8 Å². The third-order valence-electron chi connectivity index (χ3n) is 4.12. The summed E-state index contributed by atoms with van der Waals surface area (Å²) in [5, 5.41) is 6.69. The van der Waals surface area contributed by atoms with Gasteiger partial charge in [0, 0.05) is 22.3 Å². The molecule has 2 heterocycles. The van der Waals surface area contributed by atoms with Gasteiger partial charge in [-0.1, -0.05) is 0 Å². The van der Waals surface area contributed by atoms with Gasteiger partial charge in [0.2, 0.25) is 11.8 Å². The van der Waals surface area contributed by atoms with E-state index in [9.17, 15) is 9.59 Å². The minimum absolute atomic E-state index is 0.100. The Labute approximate surface area is 144 Å². The Balaban J connectivity index is 1.61. The van der Waals surface area contributed by atoms with Crippen LogP contribution in [0.1, 0.15) is 19.5 Å². The number of hydrogen-bond acceptors (Lipinski definition) is 4. The third kappa shape index (κ3) is 3.36. The lowest BCUT2D eigenvalue weighted by Gasteiger charge is -2.32. The summed E-state index contributed by atoms with van der Waals surface area (Å²) in [5.74, 6) is 1.11. The van der Waals surface area contributed by atoms with Crippen molar-refractivity contribution in [2.24, 2.45) is 0 Å². The smallest absolute Gasteiger partial charge is 0.243 e. The van der Waals surface area contributed by atoms with E-state index in [0.29, 0.717) is 12.3 Å². The van der Waals surface area contributed by atoms with Crippen molar-refractivity contribution in [2.75, 3.05) is 12.9 Å². The van der Waals surface area contributed by atoms with Gasteiger partial charge < -0.3 is 20.4 Å². The molecular formula is C17H21N3O3S. The summed E-state index contributed by atoms with van der Waals surface area (Å²) >= 11 is 1.50. The third-order valence-corrected chi connectivity index (χ3v) is 5.52. The Morgan fingerprint density at radius 1 is 1.42 bits per heavy atom. The van der Waals surface area contributed by atoms with Crippen molar-refractivity contribution in [1.29, 1.82) is 0 Å². The lowest BCUT2D eigenvalue weighted by Crippen LogP contribution is -2.57. The Hall–Kier alpha value is -2.15. The Morgan fingerprint density at radius 3 is 2.92 bits per heavy atom. The normalized spacial score (nSPS) is 19.8. The predicted octanol–water partition coefficient (Wildman–Crippen LogP) is 1.80. The van der Waals surface area contributed by atoms with Crippen molar-refractivity contribution >= 4 is 34.5 Å². The number of carbonyl (C=O) groups is 2. The fourth-order valence-corrected chi connectivity index (χ4v) is 3.58. The maximum atomic E-state index is 12.3. The zero-order valence-corrected chi connectivity index (χ0v) is 14.8. The van der Waals surface area contributed by atoms with Crippen LogP contribution >= 0.6 is 11.8 Å². The molecule has 0 bridgehead atoms. The molecule has 3 N–H and O–H groups in total. The summed E-state index contributed by atoms with van der Waals surface area (Å²) in [5.41, 5.74) is 1.89. The largest absolute Gasteiger partial charge is 0.497 e. The highest BCUT2D eigenvalue weighted by atomic mass is 32.2. The number of methoxy groups -OCH3 is 1. The van der Waals surface area contributed by atoms with E-state index in [4.69, 9.17) is 4.74 Å². The lowest BCUT2D eigenvalue weighted by molar-refractivity contribution is -0.129. The number of ether oxygens (including phenoxy) is 1. The predicted molar refractivity (Wildman–Crippen MR) is 95.2 cm³/mol. The standard InChI is InChI=1S/C17H21N3O3S/c1-17(2)16(22)20-14(9-24-17)15(21)18-8-11-6-10-7-12(23-3)4-5-13(10)19-11/h4-7,14,19H,8-9H2,1-3H3,(H,18,21)(H,20,22)/t14-/m1/s1. The summed E-state index contributed by atoms with van der Waals surface area (Å²) < 4.78 is 4.73. The van der Waals surface area contributed by atoms with Crippen LogP contribution in [0.4, 0.5) is 0 Å². The second-order valence-electron chi connectivity index (χ2n) is 6.31. The van der Waals surface area contributed by atoms with Gasteiger partial charge >= 0.3 is 0 Å². The molecule has 7 heteroatoms. The van der Waals surface area contributed by atoms with Gasteiger partial charge in [-0.25, -0.2) is 0 Å². The first-order valence-electron chi connectivity index (χ1n) is 7.77. The van der Waals surface area contributed by atoms with E-state index >= 15 is 0 Å².